The molecule has 1 aromatic carbocycles. The van der Waals surface area contributed by atoms with E-state index >= 15 is 0 Å². The smallest absolute Gasteiger partial charge is 0.0417 e. The molecule has 86 valence electrons. The monoisotopic (exact) mass is 216 g/mol. The molecule has 0 radical (unpaired) electrons. The van der Waals surface area contributed by atoms with Crippen LogP contribution in [0, 0.1) is 0 Å². The Morgan fingerprint density at radius 3 is 2.69 bits per heavy atom. The van der Waals surface area contributed by atoms with Gasteiger partial charge in [-0.3, -0.25) is 0 Å². The van der Waals surface area contributed by atoms with E-state index in [1.165, 1.54) is 16.8 Å². The van der Waals surface area contributed by atoms with E-state index in [4.69, 9.17) is 5.73 Å². The second kappa shape index (κ2) is 4.71. The molecule has 0 aliphatic carbocycles. The molecule has 0 spiro atoms. The normalized spacial score (nSPS) is 18.2. The van der Waals surface area contributed by atoms with E-state index in [-0.39, 0.29) is 6.04 Å². The van der Waals surface area contributed by atoms with E-state index in [1.54, 1.807) is 0 Å². The summed E-state index contributed by atoms with van der Waals surface area (Å²) in [6.45, 7) is 6.36. The van der Waals surface area contributed by atoms with Crippen LogP contribution in [0.1, 0.15) is 31.9 Å². The van der Waals surface area contributed by atoms with Crippen LogP contribution in [0.3, 0.4) is 0 Å². The molecule has 0 amide bonds. The Balaban J connectivity index is 2.27. The predicted molar refractivity (Wildman–Crippen MR) is 69.6 cm³/mol. The molecular weight excluding hydrogens is 196 g/mol. The number of anilines is 1. The average Bonchev–Trinajstić information content (AvgIpc) is 2.30. The van der Waals surface area contributed by atoms with E-state index in [2.05, 4.69) is 42.2 Å². The molecule has 0 bridgehead atoms. The third kappa shape index (κ3) is 2.27. The summed E-state index contributed by atoms with van der Waals surface area (Å²) in [4.78, 5) is 2.41. The standard InChI is InChI=1S/C14H20N2/c1-11-7-9-16(10-8-11)14-6-4-3-5-13(14)12(2)15/h3-7,12H,8-10,15H2,1-2H3. The van der Waals surface area contributed by atoms with Crippen LogP contribution in [0.15, 0.2) is 35.9 Å². The largest absolute Gasteiger partial charge is 0.367 e. The molecule has 1 unspecified atom stereocenters. The molecule has 2 rings (SSSR count). The molecule has 1 aliphatic rings. The van der Waals surface area contributed by atoms with Gasteiger partial charge in [-0.15, -0.1) is 0 Å². The summed E-state index contributed by atoms with van der Waals surface area (Å²) in [5, 5.41) is 0. The second-order valence-corrected chi connectivity index (χ2v) is 4.59. The minimum absolute atomic E-state index is 0.100. The molecule has 0 saturated carbocycles. The lowest BCUT2D eigenvalue weighted by molar-refractivity contribution is 0.759. The average molecular weight is 216 g/mol. The molecule has 1 aromatic rings. The minimum atomic E-state index is 0.100. The summed E-state index contributed by atoms with van der Waals surface area (Å²) in [5.74, 6) is 0. The number of rotatable bonds is 2. The number of nitrogens with two attached hydrogens (primary N) is 1. The zero-order valence-electron chi connectivity index (χ0n) is 10.1. The van der Waals surface area contributed by atoms with E-state index in [9.17, 15) is 0 Å². The van der Waals surface area contributed by atoms with Crippen LogP contribution in [0.2, 0.25) is 0 Å². The van der Waals surface area contributed by atoms with Gasteiger partial charge < -0.3 is 10.6 Å². The highest BCUT2D eigenvalue weighted by Crippen LogP contribution is 2.27. The highest BCUT2D eigenvalue weighted by molar-refractivity contribution is 5.56. The van der Waals surface area contributed by atoms with Gasteiger partial charge in [0.15, 0.2) is 0 Å². The number of benzene rings is 1. The SMILES string of the molecule is CC1=CCN(c2ccccc2C(C)N)CC1. The molecule has 1 atom stereocenters. The molecule has 1 heterocycles. The first kappa shape index (κ1) is 11.2. The Kier molecular flexibility index (Phi) is 3.30. The van der Waals surface area contributed by atoms with Gasteiger partial charge in [-0.05, 0) is 31.9 Å². The zero-order valence-corrected chi connectivity index (χ0v) is 10.1. The lowest BCUT2D eigenvalue weighted by atomic mass is 10.0. The van der Waals surface area contributed by atoms with E-state index in [0.717, 1.165) is 19.5 Å². The van der Waals surface area contributed by atoms with Gasteiger partial charge in [0.1, 0.15) is 0 Å². The summed E-state index contributed by atoms with van der Waals surface area (Å²) in [6, 6.07) is 8.56. The van der Waals surface area contributed by atoms with Gasteiger partial charge in [0, 0.05) is 24.8 Å². The van der Waals surface area contributed by atoms with Crippen molar-refractivity contribution in [3.8, 4) is 0 Å². The Bertz CT molecular complexity index is 393. The summed E-state index contributed by atoms with van der Waals surface area (Å²) in [5.41, 5.74) is 10.0. The number of nitrogens with zero attached hydrogens (tertiary/aromatic N) is 1. The fraction of sp³-hybridized carbons (Fsp3) is 0.429. The molecule has 0 saturated heterocycles. The van der Waals surface area contributed by atoms with Crippen molar-refractivity contribution in [1.29, 1.82) is 0 Å². The van der Waals surface area contributed by atoms with Crippen LogP contribution >= 0.6 is 0 Å². The van der Waals surface area contributed by atoms with Crippen molar-refractivity contribution < 1.29 is 0 Å². The van der Waals surface area contributed by atoms with Gasteiger partial charge in [0.2, 0.25) is 0 Å². The van der Waals surface area contributed by atoms with Crippen LogP contribution in [-0.4, -0.2) is 13.1 Å². The van der Waals surface area contributed by atoms with Crippen molar-refractivity contribution >= 4 is 5.69 Å². The predicted octanol–water partition coefficient (Wildman–Crippen LogP) is 2.86. The summed E-state index contributed by atoms with van der Waals surface area (Å²) in [7, 11) is 0. The van der Waals surface area contributed by atoms with Crippen LogP contribution in [0.5, 0.6) is 0 Å². The Morgan fingerprint density at radius 1 is 1.31 bits per heavy atom. The van der Waals surface area contributed by atoms with E-state index in [1.807, 2.05) is 6.92 Å². The Hall–Kier alpha value is -1.28. The summed E-state index contributed by atoms with van der Waals surface area (Å²) in [6.07, 6.45) is 3.47. The van der Waals surface area contributed by atoms with Crippen LogP contribution in [0.4, 0.5) is 5.69 Å². The molecule has 2 heteroatoms. The van der Waals surface area contributed by atoms with Crippen LogP contribution < -0.4 is 10.6 Å². The summed E-state index contributed by atoms with van der Waals surface area (Å²) < 4.78 is 0. The fourth-order valence-electron chi connectivity index (χ4n) is 2.15. The van der Waals surface area contributed by atoms with Crippen molar-refractivity contribution in [1.82, 2.24) is 0 Å². The molecule has 2 N–H and O–H groups in total. The Labute approximate surface area is 97.8 Å². The topological polar surface area (TPSA) is 29.3 Å². The fourth-order valence-corrected chi connectivity index (χ4v) is 2.15. The third-order valence-electron chi connectivity index (χ3n) is 3.20. The van der Waals surface area contributed by atoms with Gasteiger partial charge in [-0.2, -0.15) is 0 Å². The lowest BCUT2D eigenvalue weighted by Crippen LogP contribution is -2.29. The molecule has 16 heavy (non-hydrogen) atoms. The number of hydrogen-bond acceptors (Lipinski definition) is 2. The molecule has 0 fully saturated rings. The Morgan fingerprint density at radius 2 is 2.06 bits per heavy atom. The molecule has 1 aliphatic heterocycles. The number of hydrogen-bond donors (Lipinski definition) is 1. The first-order valence-electron chi connectivity index (χ1n) is 5.93. The van der Waals surface area contributed by atoms with E-state index < -0.39 is 0 Å². The van der Waals surface area contributed by atoms with E-state index in [0.29, 0.717) is 0 Å². The molecule has 2 nitrogen and oxygen atoms in total. The van der Waals surface area contributed by atoms with Crippen LogP contribution in [0.25, 0.3) is 0 Å². The van der Waals surface area contributed by atoms with Crippen molar-refractivity contribution in [2.45, 2.75) is 26.3 Å². The van der Waals surface area contributed by atoms with Crippen LogP contribution in [-0.2, 0) is 0 Å². The third-order valence-corrected chi connectivity index (χ3v) is 3.20. The first-order valence-corrected chi connectivity index (χ1v) is 5.93. The molecule has 0 aromatic heterocycles. The van der Waals surface area contributed by atoms with Gasteiger partial charge in [-0.1, -0.05) is 29.8 Å². The maximum Gasteiger partial charge on any atom is 0.0417 e. The highest BCUT2D eigenvalue weighted by Gasteiger charge is 2.14. The van der Waals surface area contributed by atoms with Crippen molar-refractivity contribution in [3.63, 3.8) is 0 Å². The lowest BCUT2D eigenvalue weighted by Gasteiger charge is -2.30. The zero-order chi connectivity index (χ0) is 11.5. The summed E-state index contributed by atoms with van der Waals surface area (Å²) >= 11 is 0. The highest BCUT2D eigenvalue weighted by atomic mass is 15.1. The number of para-hydroxylation sites is 1. The van der Waals surface area contributed by atoms with Crippen molar-refractivity contribution in [3.05, 3.63) is 41.5 Å². The minimum Gasteiger partial charge on any atom is -0.367 e. The second-order valence-electron chi connectivity index (χ2n) is 4.59. The van der Waals surface area contributed by atoms with Gasteiger partial charge in [-0.25, -0.2) is 0 Å². The molecular formula is C14H20N2. The quantitative estimate of drug-likeness (QED) is 0.770. The first-order chi connectivity index (χ1) is 7.68. The van der Waals surface area contributed by atoms with Crippen molar-refractivity contribution in [2.24, 2.45) is 5.73 Å². The van der Waals surface area contributed by atoms with Gasteiger partial charge in [0.05, 0.1) is 0 Å². The van der Waals surface area contributed by atoms with Crippen molar-refractivity contribution in [2.75, 3.05) is 18.0 Å². The van der Waals surface area contributed by atoms with Gasteiger partial charge in [0.25, 0.3) is 0 Å². The maximum atomic E-state index is 6.01. The van der Waals surface area contributed by atoms with Gasteiger partial charge >= 0.3 is 0 Å². The maximum absolute atomic E-state index is 6.01.